The number of hydrogen-bond donors (Lipinski definition) is 2. The number of allylic oxidation sites excluding steroid dienone is 2. The summed E-state index contributed by atoms with van der Waals surface area (Å²) in [4.78, 5) is 30.2. The van der Waals surface area contributed by atoms with E-state index < -0.39 is 0 Å². The zero-order valence-electron chi connectivity index (χ0n) is 16.5. The zero-order valence-corrected chi connectivity index (χ0v) is 16.5. The van der Waals surface area contributed by atoms with Crippen LogP contribution in [0.3, 0.4) is 0 Å². The highest BCUT2D eigenvalue weighted by Gasteiger charge is 2.40. The van der Waals surface area contributed by atoms with Gasteiger partial charge in [0.25, 0.3) is 5.69 Å². The van der Waals surface area contributed by atoms with Gasteiger partial charge in [0.15, 0.2) is 11.5 Å². The van der Waals surface area contributed by atoms with Crippen molar-refractivity contribution in [1.29, 1.82) is 0 Å². The van der Waals surface area contributed by atoms with E-state index in [0.717, 1.165) is 12.1 Å². The van der Waals surface area contributed by atoms with E-state index in [1.165, 1.54) is 0 Å². The van der Waals surface area contributed by atoms with Crippen molar-refractivity contribution in [3.63, 3.8) is 0 Å². The molecule has 30 heavy (non-hydrogen) atoms. The van der Waals surface area contributed by atoms with E-state index in [0.29, 0.717) is 52.5 Å². The summed E-state index contributed by atoms with van der Waals surface area (Å²) < 4.78 is 11.3. The molecule has 6 nitrogen and oxygen atoms in total. The van der Waals surface area contributed by atoms with Crippen molar-refractivity contribution in [3.8, 4) is 5.75 Å². The lowest BCUT2D eigenvalue weighted by atomic mass is 9.81. The fraction of sp³-hybridized carbons (Fsp3) is 0.208. The number of nitrogens with one attached hydrogen (secondary N) is 2. The minimum atomic E-state index is -0.247. The molecule has 0 spiro atoms. The Bertz CT molecular complexity index is 1160. The van der Waals surface area contributed by atoms with Gasteiger partial charge in [-0.1, -0.05) is 36.4 Å². The standard InChI is InChI=1S/C24H20N2O4/c1-29-12-6-11-25-17-13-19-22(26-16-9-4-5-10-18(16)30-19)21-20(17)23(27)14-7-2-3-8-15(14)24(21)28/h2-5,7-10,13,18,25H,6,11-12H2,1H3/p+1. The van der Waals surface area contributed by atoms with Gasteiger partial charge in [-0.3, -0.25) is 9.59 Å². The quantitative estimate of drug-likeness (QED) is 0.639. The van der Waals surface area contributed by atoms with Crippen LogP contribution in [-0.2, 0) is 4.74 Å². The summed E-state index contributed by atoms with van der Waals surface area (Å²) in [5.74, 6) is 0.213. The second-order valence-corrected chi connectivity index (χ2v) is 7.39. The number of carbonyl (C=O) groups excluding carboxylic acids is 2. The van der Waals surface area contributed by atoms with Gasteiger partial charge in [-0.15, -0.1) is 0 Å². The summed E-state index contributed by atoms with van der Waals surface area (Å²) in [6.45, 7) is 1.21. The summed E-state index contributed by atoms with van der Waals surface area (Å²) in [5, 5.41) is 3.31. The molecular formula is C24H21N2O4+. The smallest absolute Gasteiger partial charge is 0.258 e. The van der Waals surface area contributed by atoms with Crippen molar-refractivity contribution in [3.05, 3.63) is 76.9 Å². The fourth-order valence-corrected chi connectivity index (χ4v) is 4.09. The van der Waals surface area contributed by atoms with Crippen LogP contribution in [0.2, 0.25) is 0 Å². The Labute approximate surface area is 173 Å². The van der Waals surface area contributed by atoms with E-state index in [2.05, 4.69) is 10.3 Å². The first-order chi connectivity index (χ1) is 14.7. The number of carbonyl (C=O) groups is 2. The van der Waals surface area contributed by atoms with Crippen LogP contribution in [0.25, 0.3) is 0 Å². The summed E-state index contributed by atoms with van der Waals surface area (Å²) in [5.41, 5.74) is 3.59. The van der Waals surface area contributed by atoms with Gasteiger partial charge in [-0.2, -0.15) is 0 Å². The highest BCUT2D eigenvalue weighted by molar-refractivity contribution is 6.32. The molecule has 150 valence electrons. The number of rotatable bonds is 5. The number of methoxy groups -OCH3 is 1. The maximum atomic E-state index is 13.5. The van der Waals surface area contributed by atoms with Gasteiger partial charge in [0.05, 0.1) is 11.3 Å². The van der Waals surface area contributed by atoms with E-state index in [4.69, 9.17) is 9.47 Å². The lowest BCUT2D eigenvalue weighted by molar-refractivity contribution is -0.362. The molecule has 1 heterocycles. The Kier molecular flexibility index (Phi) is 4.56. The summed E-state index contributed by atoms with van der Waals surface area (Å²) in [7, 11) is 1.65. The number of anilines is 1. The van der Waals surface area contributed by atoms with Crippen molar-refractivity contribution >= 4 is 28.7 Å². The molecule has 1 unspecified atom stereocenters. The average Bonchev–Trinajstić information content (AvgIpc) is 2.78. The molecular weight excluding hydrogens is 380 g/mol. The van der Waals surface area contributed by atoms with Gasteiger partial charge in [0.1, 0.15) is 5.56 Å². The lowest BCUT2D eigenvalue weighted by Crippen LogP contribution is -2.72. The number of ether oxygens (including phenoxy) is 2. The van der Waals surface area contributed by atoms with Crippen LogP contribution < -0.4 is 15.0 Å². The molecule has 2 aromatic rings. The van der Waals surface area contributed by atoms with E-state index in [1.54, 1.807) is 31.4 Å². The second-order valence-electron chi connectivity index (χ2n) is 7.39. The fourth-order valence-electron chi connectivity index (χ4n) is 4.09. The molecule has 0 radical (unpaired) electrons. The topological polar surface area (TPSA) is 78.6 Å². The minimum absolute atomic E-state index is 0.162. The molecule has 0 saturated heterocycles. The average molecular weight is 401 g/mol. The number of ketones is 2. The van der Waals surface area contributed by atoms with E-state index in [9.17, 15) is 9.59 Å². The molecule has 6 heteroatoms. The maximum Gasteiger partial charge on any atom is 0.258 e. The minimum Gasteiger partial charge on any atom is -0.468 e. The predicted octanol–water partition coefficient (Wildman–Crippen LogP) is 1.95. The van der Waals surface area contributed by atoms with Gasteiger partial charge >= 0.3 is 0 Å². The molecule has 1 aliphatic heterocycles. The van der Waals surface area contributed by atoms with Gasteiger partial charge in [0, 0.05) is 43.5 Å². The summed E-state index contributed by atoms with van der Waals surface area (Å²) >= 11 is 0. The second kappa shape index (κ2) is 7.39. The Morgan fingerprint density at radius 2 is 1.87 bits per heavy atom. The van der Waals surface area contributed by atoms with Crippen LogP contribution in [0.4, 0.5) is 11.4 Å². The summed E-state index contributed by atoms with van der Waals surface area (Å²) in [6, 6.07) is 8.77. The third-order valence-corrected chi connectivity index (χ3v) is 5.50. The molecule has 1 atom stereocenters. The van der Waals surface area contributed by atoms with E-state index >= 15 is 0 Å². The lowest BCUT2D eigenvalue weighted by Gasteiger charge is -2.25. The third-order valence-electron chi connectivity index (χ3n) is 5.50. The summed E-state index contributed by atoms with van der Waals surface area (Å²) in [6.07, 6.45) is 8.22. The molecule has 0 aromatic heterocycles. The van der Waals surface area contributed by atoms with Crippen LogP contribution in [0.1, 0.15) is 38.3 Å². The molecule has 0 saturated carbocycles. The Morgan fingerprint density at radius 3 is 2.63 bits per heavy atom. The highest BCUT2D eigenvalue weighted by Crippen LogP contribution is 2.41. The zero-order chi connectivity index (χ0) is 20.7. The highest BCUT2D eigenvalue weighted by atomic mass is 16.5. The largest absolute Gasteiger partial charge is 0.468 e. The van der Waals surface area contributed by atoms with Crippen molar-refractivity contribution in [1.82, 2.24) is 0 Å². The number of hydrogen-bond acceptors (Lipinski definition) is 5. The van der Waals surface area contributed by atoms with Crippen molar-refractivity contribution in [2.45, 2.75) is 12.5 Å². The van der Waals surface area contributed by atoms with Crippen LogP contribution in [-0.4, -0.2) is 43.6 Å². The first-order valence-corrected chi connectivity index (χ1v) is 9.96. The molecule has 2 N–H and O–H groups in total. The Balaban J connectivity index is 1.69. The van der Waals surface area contributed by atoms with Crippen LogP contribution in [0.5, 0.6) is 5.75 Å². The van der Waals surface area contributed by atoms with E-state index in [-0.39, 0.29) is 17.7 Å². The molecule has 2 aromatic carbocycles. The van der Waals surface area contributed by atoms with Gasteiger partial charge < -0.3 is 14.8 Å². The SMILES string of the molecule is COCCCNc1cc2c(c3c1C(=O)c1ccccc1C3=O)[NH+]=C1C=CC=CC1O2. The Hall–Kier alpha value is -3.51. The normalized spacial score (nSPS) is 18.0. The molecule has 0 amide bonds. The predicted molar refractivity (Wildman–Crippen MR) is 113 cm³/mol. The van der Waals surface area contributed by atoms with Crippen molar-refractivity contribution in [2.75, 3.05) is 25.6 Å². The van der Waals surface area contributed by atoms with Crippen molar-refractivity contribution in [2.24, 2.45) is 0 Å². The first kappa shape index (κ1) is 18.5. The van der Waals surface area contributed by atoms with Gasteiger partial charge in [0.2, 0.25) is 17.6 Å². The van der Waals surface area contributed by atoms with E-state index in [1.807, 2.05) is 30.4 Å². The molecule has 5 rings (SSSR count). The Morgan fingerprint density at radius 1 is 1.10 bits per heavy atom. The van der Waals surface area contributed by atoms with Crippen LogP contribution in [0.15, 0.2) is 54.6 Å². The molecule has 2 aliphatic carbocycles. The van der Waals surface area contributed by atoms with Gasteiger partial charge in [-0.05, 0) is 12.5 Å². The molecule has 0 bridgehead atoms. The number of fused-ring (bicyclic) bond motifs is 5. The first-order valence-electron chi connectivity index (χ1n) is 9.96. The maximum absolute atomic E-state index is 13.5. The van der Waals surface area contributed by atoms with Crippen molar-refractivity contribution < 1.29 is 24.1 Å². The monoisotopic (exact) mass is 401 g/mol. The number of benzene rings is 2. The van der Waals surface area contributed by atoms with Gasteiger partial charge in [-0.25, -0.2) is 4.99 Å². The third kappa shape index (κ3) is 2.88. The molecule has 0 fully saturated rings. The van der Waals surface area contributed by atoms with Crippen LogP contribution >= 0.6 is 0 Å². The van der Waals surface area contributed by atoms with Crippen LogP contribution in [0, 0.1) is 0 Å². The molecule has 3 aliphatic rings.